The van der Waals surface area contributed by atoms with Crippen LogP contribution in [0.1, 0.15) is 38.2 Å². The van der Waals surface area contributed by atoms with E-state index < -0.39 is 0 Å². The Labute approximate surface area is 130 Å². The number of halogens is 2. The molecule has 2 rings (SSSR count). The highest BCUT2D eigenvalue weighted by Gasteiger charge is 2.26. The van der Waals surface area contributed by atoms with Crippen LogP contribution >= 0.6 is 27.5 Å². The second kappa shape index (κ2) is 7.10. The zero-order valence-electron chi connectivity index (χ0n) is 11.8. The topological polar surface area (TPSA) is 12.0 Å². The van der Waals surface area contributed by atoms with Gasteiger partial charge in [-0.1, -0.05) is 53.4 Å². The summed E-state index contributed by atoms with van der Waals surface area (Å²) in [7, 11) is 2.08. The molecule has 1 fully saturated rings. The first-order valence-corrected chi connectivity index (χ1v) is 8.38. The van der Waals surface area contributed by atoms with Crippen molar-refractivity contribution in [2.75, 3.05) is 7.05 Å². The van der Waals surface area contributed by atoms with Crippen molar-refractivity contribution in [3.05, 3.63) is 33.3 Å². The monoisotopic (exact) mass is 343 g/mol. The van der Waals surface area contributed by atoms with E-state index in [1.54, 1.807) is 0 Å². The van der Waals surface area contributed by atoms with Gasteiger partial charge in [-0.25, -0.2) is 0 Å². The minimum Gasteiger partial charge on any atom is -0.316 e. The highest BCUT2D eigenvalue weighted by molar-refractivity contribution is 9.10. The minimum atomic E-state index is 0.543. The Bertz CT molecular complexity index is 421. The van der Waals surface area contributed by atoms with Gasteiger partial charge in [0.15, 0.2) is 0 Å². The van der Waals surface area contributed by atoms with E-state index in [1.807, 2.05) is 6.07 Å². The zero-order valence-corrected chi connectivity index (χ0v) is 14.1. The molecule has 0 heterocycles. The van der Waals surface area contributed by atoms with Gasteiger partial charge >= 0.3 is 0 Å². The highest BCUT2D eigenvalue weighted by Crippen LogP contribution is 2.33. The number of hydrogen-bond acceptors (Lipinski definition) is 1. The summed E-state index contributed by atoms with van der Waals surface area (Å²) >= 11 is 9.80. The first-order valence-electron chi connectivity index (χ1n) is 7.21. The van der Waals surface area contributed by atoms with E-state index in [1.165, 1.54) is 31.2 Å². The number of hydrogen-bond donors (Lipinski definition) is 1. The van der Waals surface area contributed by atoms with Crippen molar-refractivity contribution in [1.29, 1.82) is 0 Å². The van der Waals surface area contributed by atoms with Gasteiger partial charge in [-0.3, -0.25) is 0 Å². The number of rotatable bonds is 4. The van der Waals surface area contributed by atoms with Crippen molar-refractivity contribution >= 4 is 27.5 Å². The van der Waals surface area contributed by atoms with E-state index in [9.17, 15) is 0 Å². The lowest BCUT2D eigenvalue weighted by atomic mass is 9.77. The van der Waals surface area contributed by atoms with E-state index >= 15 is 0 Å². The fraction of sp³-hybridized carbons (Fsp3) is 0.625. The van der Waals surface area contributed by atoms with Crippen molar-refractivity contribution in [3.63, 3.8) is 0 Å². The molecule has 1 N–H and O–H groups in total. The molecule has 0 radical (unpaired) electrons. The van der Waals surface area contributed by atoms with Crippen molar-refractivity contribution < 1.29 is 0 Å². The molecule has 3 heteroatoms. The van der Waals surface area contributed by atoms with E-state index in [0.717, 1.165) is 27.8 Å². The van der Waals surface area contributed by atoms with E-state index in [-0.39, 0.29) is 0 Å². The Morgan fingerprint density at radius 1 is 1.42 bits per heavy atom. The maximum absolute atomic E-state index is 6.34. The third kappa shape index (κ3) is 4.21. The molecule has 0 aromatic heterocycles. The molecule has 19 heavy (non-hydrogen) atoms. The minimum absolute atomic E-state index is 0.543. The Morgan fingerprint density at radius 2 is 2.21 bits per heavy atom. The first-order chi connectivity index (χ1) is 9.10. The number of nitrogens with one attached hydrogen (secondary N) is 1. The summed E-state index contributed by atoms with van der Waals surface area (Å²) in [5, 5.41) is 4.39. The first kappa shape index (κ1) is 15.3. The molecular weight excluding hydrogens is 322 g/mol. The van der Waals surface area contributed by atoms with E-state index in [2.05, 4.69) is 47.4 Å². The number of likely N-dealkylation sites (N-methyl/N-ethyl adjacent to an activating group) is 1. The Balaban J connectivity index is 2.05. The summed E-state index contributed by atoms with van der Waals surface area (Å²) < 4.78 is 1.05. The van der Waals surface area contributed by atoms with Gasteiger partial charge in [0.1, 0.15) is 0 Å². The molecule has 0 aliphatic heterocycles. The summed E-state index contributed by atoms with van der Waals surface area (Å²) in [6.07, 6.45) is 6.49. The lowest BCUT2D eigenvalue weighted by molar-refractivity contribution is 0.227. The average Bonchev–Trinajstić information content (AvgIpc) is 2.38. The predicted octanol–water partition coefficient (Wildman–Crippen LogP) is 5.06. The van der Waals surface area contributed by atoms with Gasteiger partial charge in [-0.05, 0) is 55.8 Å². The van der Waals surface area contributed by atoms with Crippen molar-refractivity contribution in [2.24, 2.45) is 11.8 Å². The SMILES string of the molecule is CNC(Cc1ccc(Br)cc1Cl)C1CCCC(C)C1. The lowest BCUT2D eigenvalue weighted by Crippen LogP contribution is -2.38. The van der Waals surface area contributed by atoms with Crippen LogP contribution in [-0.4, -0.2) is 13.1 Å². The van der Waals surface area contributed by atoms with Crippen LogP contribution < -0.4 is 5.32 Å². The van der Waals surface area contributed by atoms with Gasteiger partial charge in [0.25, 0.3) is 0 Å². The van der Waals surface area contributed by atoms with Crippen LogP contribution in [0.25, 0.3) is 0 Å². The summed E-state index contributed by atoms with van der Waals surface area (Å²) in [6, 6.07) is 6.76. The number of benzene rings is 1. The summed E-state index contributed by atoms with van der Waals surface area (Å²) in [6.45, 7) is 2.38. The third-order valence-electron chi connectivity index (χ3n) is 4.37. The normalized spacial score (nSPS) is 25.3. The lowest BCUT2D eigenvalue weighted by Gasteiger charge is -2.33. The van der Waals surface area contributed by atoms with E-state index in [0.29, 0.717) is 6.04 Å². The molecule has 1 saturated carbocycles. The molecule has 0 amide bonds. The molecule has 1 aromatic rings. The molecular formula is C16H23BrClN. The summed E-state index contributed by atoms with van der Waals surface area (Å²) in [5.74, 6) is 1.66. The molecule has 1 nitrogen and oxygen atoms in total. The van der Waals surface area contributed by atoms with Gasteiger partial charge in [-0.2, -0.15) is 0 Å². The fourth-order valence-electron chi connectivity index (χ4n) is 3.28. The van der Waals surface area contributed by atoms with E-state index in [4.69, 9.17) is 11.6 Å². The van der Waals surface area contributed by atoms with Crippen LogP contribution in [0.2, 0.25) is 5.02 Å². The largest absolute Gasteiger partial charge is 0.316 e. The quantitative estimate of drug-likeness (QED) is 0.805. The van der Waals surface area contributed by atoms with Crippen LogP contribution in [0.3, 0.4) is 0 Å². The predicted molar refractivity (Wildman–Crippen MR) is 86.8 cm³/mol. The third-order valence-corrected chi connectivity index (χ3v) is 5.22. The maximum Gasteiger partial charge on any atom is 0.0449 e. The summed E-state index contributed by atoms with van der Waals surface area (Å²) in [5.41, 5.74) is 1.25. The van der Waals surface area contributed by atoms with Crippen molar-refractivity contribution in [2.45, 2.75) is 45.1 Å². The molecule has 1 aliphatic carbocycles. The van der Waals surface area contributed by atoms with Gasteiger partial charge in [0.2, 0.25) is 0 Å². The van der Waals surface area contributed by atoms with Crippen LogP contribution in [0, 0.1) is 11.8 Å². The van der Waals surface area contributed by atoms with Gasteiger partial charge in [0.05, 0.1) is 0 Å². The average molecular weight is 345 g/mol. The molecule has 0 saturated heterocycles. The maximum atomic E-state index is 6.34. The van der Waals surface area contributed by atoms with Crippen LogP contribution in [0.4, 0.5) is 0 Å². The molecule has 3 unspecified atom stereocenters. The smallest absolute Gasteiger partial charge is 0.0449 e. The second-order valence-electron chi connectivity index (χ2n) is 5.87. The Kier molecular flexibility index (Phi) is 5.73. The molecule has 1 aliphatic rings. The molecule has 3 atom stereocenters. The fourth-order valence-corrected chi connectivity index (χ4v) is 4.03. The highest BCUT2D eigenvalue weighted by atomic mass is 79.9. The van der Waals surface area contributed by atoms with Crippen molar-refractivity contribution in [3.8, 4) is 0 Å². The van der Waals surface area contributed by atoms with Gasteiger partial charge in [0, 0.05) is 15.5 Å². The van der Waals surface area contributed by atoms with Crippen LogP contribution in [-0.2, 0) is 6.42 Å². The Hall–Kier alpha value is -0.0500. The summed E-state index contributed by atoms with van der Waals surface area (Å²) in [4.78, 5) is 0. The molecule has 1 aromatic carbocycles. The van der Waals surface area contributed by atoms with Crippen LogP contribution in [0.5, 0.6) is 0 Å². The molecule has 0 bridgehead atoms. The zero-order chi connectivity index (χ0) is 13.8. The second-order valence-corrected chi connectivity index (χ2v) is 7.19. The Morgan fingerprint density at radius 3 is 2.84 bits per heavy atom. The molecule has 0 spiro atoms. The van der Waals surface area contributed by atoms with Crippen LogP contribution in [0.15, 0.2) is 22.7 Å². The van der Waals surface area contributed by atoms with Gasteiger partial charge < -0.3 is 5.32 Å². The van der Waals surface area contributed by atoms with Crippen molar-refractivity contribution in [1.82, 2.24) is 5.32 Å². The van der Waals surface area contributed by atoms with Gasteiger partial charge in [-0.15, -0.1) is 0 Å². The standard InChI is InChI=1S/C16H23BrClN/c1-11-4-3-5-13(8-11)16(19-2)9-12-6-7-14(17)10-15(12)18/h6-7,10-11,13,16,19H,3-5,8-9H2,1-2H3. The molecule has 106 valence electrons.